The number of ketones is 1. The maximum Gasteiger partial charge on any atom is 0.162 e. The molecule has 1 aromatic rings. The maximum atomic E-state index is 11.9. The second kappa shape index (κ2) is 5.22. The maximum absolute atomic E-state index is 11.9. The predicted octanol–water partition coefficient (Wildman–Crippen LogP) is 2.32. The molecule has 0 N–H and O–H groups in total. The zero-order chi connectivity index (χ0) is 14.0. The summed E-state index contributed by atoms with van der Waals surface area (Å²) < 4.78 is 22.9. The smallest absolute Gasteiger partial charge is 0.162 e. The molecule has 0 fully saturated rings. The number of sulfone groups is 1. The summed E-state index contributed by atoms with van der Waals surface area (Å²) in [6.07, 6.45) is 0.176. The van der Waals surface area contributed by atoms with E-state index in [1.54, 1.807) is 20.8 Å². The van der Waals surface area contributed by atoms with Crippen LogP contribution in [0.5, 0.6) is 0 Å². The molecule has 0 heterocycles. The lowest BCUT2D eigenvalue weighted by molar-refractivity contribution is -0.116. The number of carbonyl (C=O) groups is 1. The molecule has 0 unspecified atom stereocenters. The van der Waals surface area contributed by atoms with Crippen molar-refractivity contribution in [2.24, 2.45) is 0 Å². The number of hydrogen-bond acceptors (Lipinski definition) is 3. The Hall–Kier alpha value is -1.16. The van der Waals surface area contributed by atoms with Crippen molar-refractivity contribution in [1.82, 2.24) is 0 Å². The highest BCUT2D eigenvalue weighted by atomic mass is 32.2. The Balaban J connectivity index is 2.71. The van der Waals surface area contributed by atoms with Crippen LogP contribution >= 0.6 is 0 Å². The van der Waals surface area contributed by atoms with Crippen LogP contribution in [0.1, 0.15) is 31.9 Å². The highest BCUT2D eigenvalue weighted by Gasteiger charge is 2.30. The molecular weight excluding hydrogens is 248 g/mol. The first-order valence-corrected chi connectivity index (χ1v) is 7.56. The summed E-state index contributed by atoms with van der Waals surface area (Å²) in [6, 6.07) is 7.55. The molecule has 0 aliphatic heterocycles. The van der Waals surface area contributed by atoms with Gasteiger partial charge in [0.2, 0.25) is 0 Å². The zero-order valence-electron chi connectivity index (χ0n) is 11.4. The fourth-order valence-electron chi connectivity index (χ4n) is 1.41. The molecule has 18 heavy (non-hydrogen) atoms. The van der Waals surface area contributed by atoms with Gasteiger partial charge in [-0.3, -0.25) is 4.79 Å². The van der Waals surface area contributed by atoms with E-state index in [-0.39, 0.29) is 18.0 Å². The van der Waals surface area contributed by atoms with Crippen LogP contribution in [0.2, 0.25) is 0 Å². The van der Waals surface area contributed by atoms with Gasteiger partial charge in [-0.1, -0.05) is 29.8 Å². The van der Waals surface area contributed by atoms with Crippen molar-refractivity contribution < 1.29 is 13.2 Å². The van der Waals surface area contributed by atoms with E-state index < -0.39 is 14.6 Å². The van der Waals surface area contributed by atoms with Crippen molar-refractivity contribution in [2.75, 3.05) is 5.75 Å². The molecular formula is C14H20O3S. The van der Waals surface area contributed by atoms with Gasteiger partial charge in [-0.15, -0.1) is 0 Å². The third-order valence-corrected chi connectivity index (χ3v) is 5.37. The van der Waals surface area contributed by atoms with E-state index in [0.29, 0.717) is 0 Å². The average Bonchev–Trinajstić information content (AvgIpc) is 2.19. The van der Waals surface area contributed by atoms with Crippen LogP contribution in [0.3, 0.4) is 0 Å². The quantitative estimate of drug-likeness (QED) is 0.842. The molecule has 4 heteroatoms. The van der Waals surface area contributed by atoms with Crippen molar-refractivity contribution in [2.45, 2.75) is 38.9 Å². The Bertz CT molecular complexity index is 519. The van der Waals surface area contributed by atoms with Gasteiger partial charge >= 0.3 is 0 Å². The van der Waals surface area contributed by atoms with Crippen LogP contribution in [0.15, 0.2) is 24.3 Å². The topological polar surface area (TPSA) is 51.2 Å². The van der Waals surface area contributed by atoms with E-state index in [1.165, 1.54) is 0 Å². The lowest BCUT2D eigenvalue weighted by Crippen LogP contribution is -2.33. The van der Waals surface area contributed by atoms with Gasteiger partial charge in [0.25, 0.3) is 0 Å². The third kappa shape index (κ3) is 3.95. The van der Waals surface area contributed by atoms with E-state index in [1.807, 2.05) is 31.2 Å². The summed E-state index contributed by atoms with van der Waals surface area (Å²) in [5.74, 6) is -0.640. The lowest BCUT2D eigenvalue weighted by Gasteiger charge is -2.18. The van der Waals surface area contributed by atoms with Gasteiger partial charge < -0.3 is 0 Å². The monoisotopic (exact) mass is 268 g/mol. The largest absolute Gasteiger partial charge is 0.298 e. The van der Waals surface area contributed by atoms with E-state index >= 15 is 0 Å². The molecule has 1 rings (SSSR count). The number of aryl methyl sites for hydroxylation is 1. The van der Waals surface area contributed by atoms with Crippen LogP contribution in [0.25, 0.3) is 0 Å². The number of Topliss-reactive ketones (excluding diaryl/α,β-unsaturated/α-hetero) is 1. The SMILES string of the molecule is Cc1ccc(CC(=O)CS(=O)(=O)C(C)(C)C)cc1. The summed E-state index contributed by atoms with van der Waals surface area (Å²) >= 11 is 0. The zero-order valence-corrected chi connectivity index (χ0v) is 12.2. The van der Waals surface area contributed by atoms with Crippen LogP contribution in [0, 0.1) is 6.92 Å². The highest BCUT2D eigenvalue weighted by molar-refractivity contribution is 7.93. The van der Waals surface area contributed by atoms with Crippen molar-refractivity contribution in [3.05, 3.63) is 35.4 Å². The standard InChI is InChI=1S/C14H20O3S/c1-11-5-7-12(8-6-11)9-13(15)10-18(16,17)14(2,3)4/h5-8H,9-10H2,1-4H3. The molecule has 0 aliphatic carbocycles. The van der Waals surface area contributed by atoms with Crippen LogP contribution in [-0.2, 0) is 21.1 Å². The minimum Gasteiger partial charge on any atom is -0.298 e. The Kier molecular flexibility index (Phi) is 4.32. The minimum atomic E-state index is -3.37. The Morgan fingerprint density at radius 1 is 1.11 bits per heavy atom. The number of rotatable bonds is 4. The molecule has 0 bridgehead atoms. The first-order chi connectivity index (χ1) is 8.12. The first-order valence-electron chi connectivity index (χ1n) is 5.91. The molecule has 100 valence electrons. The molecule has 0 amide bonds. The van der Waals surface area contributed by atoms with Gasteiger partial charge in [-0.05, 0) is 33.3 Å². The highest BCUT2D eigenvalue weighted by Crippen LogP contribution is 2.16. The molecule has 3 nitrogen and oxygen atoms in total. The van der Waals surface area contributed by atoms with Crippen LogP contribution < -0.4 is 0 Å². The normalized spacial score (nSPS) is 12.4. The van der Waals surface area contributed by atoms with E-state index in [9.17, 15) is 13.2 Å². The molecule has 0 radical (unpaired) electrons. The molecule has 0 spiro atoms. The lowest BCUT2D eigenvalue weighted by atomic mass is 10.1. The van der Waals surface area contributed by atoms with Crippen molar-refractivity contribution in [1.29, 1.82) is 0 Å². The van der Waals surface area contributed by atoms with Crippen molar-refractivity contribution in [3.8, 4) is 0 Å². The summed E-state index contributed by atoms with van der Waals surface area (Å²) in [5, 5.41) is 0. The van der Waals surface area contributed by atoms with Gasteiger partial charge in [0, 0.05) is 6.42 Å². The number of benzene rings is 1. The second-order valence-electron chi connectivity index (χ2n) is 5.57. The van der Waals surface area contributed by atoms with Gasteiger partial charge in [-0.25, -0.2) is 8.42 Å². The van der Waals surface area contributed by atoms with E-state index in [4.69, 9.17) is 0 Å². The van der Waals surface area contributed by atoms with E-state index in [2.05, 4.69) is 0 Å². The predicted molar refractivity (Wildman–Crippen MR) is 73.4 cm³/mol. The molecule has 0 saturated heterocycles. The number of hydrogen-bond donors (Lipinski definition) is 0. The summed E-state index contributed by atoms with van der Waals surface area (Å²) in [7, 11) is -3.37. The number of carbonyl (C=O) groups excluding carboxylic acids is 1. The Labute approximate surface area is 109 Å². The Morgan fingerprint density at radius 3 is 2.06 bits per heavy atom. The molecule has 1 aromatic carbocycles. The van der Waals surface area contributed by atoms with Gasteiger partial charge in [0.1, 0.15) is 5.75 Å². The van der Waals surface area contributed by atoms with E-state index in [0.717, 1.165) is 11.1 Å². The third-order valence-electron chi connectivity index (χ3n) is 2.81. The first kappa shape index (κ1) is 14.9. The Morgan fingerprint density at radius 2 is 1.61 bits per heavy atom. The van der Waals surface area contributed by atoms with Gasteiger partial charge in [0.05, 0.1) is 4.75 Å². The minimum absolute atomic E-state index is 0.176. The summed E-state index contributed by atoms with van der Waals surface area (Å²) in [4.78, 5) is 11.8. The fourth-order valence-corrected chi connectivity index (χ4v) is 2.37. The fraction of sp³-hybridized carbons (Fsp3) is 0.500. The molecule has 0 aromatic heterocycles. The van der Waals surface area contributed by atoms with Gasteiger partial charge in [-0.2, -0.15) is 0 Å². The summed E-state index contributed by atoms with van der Waals surface area (Å²) in [6.45, 7) is 6.81. The second-order valence-corrected chi connectivity index (χ2v) is 8.32. The van der Waals surface area contributed by atoms with Crippen molar-refractivity contribution in [3.63, 3.8) is 0 Å². The average molecular weight is 268 g/mol. The molecule has 0 atom stereocenters. The van der Waals surface area contributed by atoms with Crippen LogP contribution in [0.4, 0.5) is 0 Å². The van der Waals surface area contributed by atoms with Gasteiger partial charge in [0.15, 0.2) is 15.6 Å². The molecule has 0 saturated carbocycles. The van der Waals surface area contributed by atoms with Crippen molar-refractivity contribution >= 4 is 15.6 Å². The van der Waals surface area contributed by atoms with Crippen LogP contribution in [-0.4, -0.2) is 24.7 Å². The summed E-state index contributed by atoms with van der Waals surface area (Å²) in [5.41, 5.74) is 1.98. The molecule has 0 aliphatic rings.